The van der Waals surface area contributed by atoms with Crippen LogP contribution in [0.25, 0.3) is 0 Å². The normalized spacial score (nSPS) is 29.1. The molecule has 65 heavy (non-hydrogen) atoms. The zero-order valence-electron chi connectivity index (χ0n) is 37.2. The van der Waals surface area contributed by atoms with E-state index in [2.05, 4.69) is 0 Å². The second kappa shape index (κ2) is 22.4. The fraction of sp³-hybridized carbons (Fsp3) is 0.545. The second-order valence-electron chi connectivity index (χ2n) is 15.2. The van der Waals surface area contributed by atoms with Gasteiger partial charge in [-0.2, -0.15) is 0 Å². The maximum Gasteiger partial charge on any atom is 0.333 e. The Morgan fingerprint density at radius 2 is 1.09 bits per heavy atom. The Hall–Kier alpha value is -5.84. The molecule has 0 bridgehead atoms. The topological polar surface area (TPSA) is 252 Å². The summed E-state index contributed by atoms with van der Waals surface area (Å²) in [4.78, 5) is 92.6. The smallest absolute Gasteiger partial charge is 0.333 e. The van der Waals surface area contributed by atoms with Gasteiger partial charge in [0.25, 0.3) is 5.97 Å². The first-order valence-corrected chi connectivity index (χ1v) is 20.5. The lowest BCUT2D eigenvalue weighted by atomic mass is 9.96. The number of fused-ring (bicyclic) bond motifs is 1. The van der Waals surface area contributed by atoms with Crippen LogP contribution in [0.15, 0.2) is 65.7 Å². The monoisotopic (exact) mass is 915 g/mol. The van der Waals surface area contributed by atoms with Crippen molar-refractivity contribution in [1.82, 2.24) is 0 Å². The molecule has 5 rings (SSSR count). The Kier molecular flexibility index (Phi) is 17.3. The molecule has 2 aromatic rings. The van der Waals surface area contributed by atoms with Crippen LogP contribution in [0.4, 0.5) is 0 Å². The predicted octanol–water partition coefficient (Wildman–Crippen LogP) is 2.25. The van der Waals surface area contributed by atoms with Gasteiger partial charge in [-0.15, -0.1) is 0 Å². The number of methoxy groups -OCH3 is 1. The molecule has 0 saturated carbocycles. The lowest BCUT2D eigenvalue weighted by Gasteiger charge is -2.47. The van der Waals surface area contributed by atoms with Crippen LogP contribution in [0.1, 0.15) is 66.5 Å². The number of hydrogen-bond acceptors (Lipinski definition) is 21. The number of benzene rings is 2. The highest BCUT2D eigenvalue weighted by Crippen LogP contribution is 2.42. The molecule has 3 aliphatic heterocycles. The molecule has 0 amide bonds. The molecule has 3 heterocycles. The van der Waals surface area contributed by atoms with Crippen molar-refractivity contribution in [2.24, 2.45) is 4.99 Å². The third-order valence-corrected chi connectivity index (χ3v) is 9.91. The molecule has 0 N–H and O–H groups in total. The average Bonchev–Trinajstić information content (AvgIpc) is 3.57. The average molecular weight is 916 g/mol. The standard InChI is InChI=1S/C44H53NO20/c1-22(33(41(52)53-9)45-34(29-16-12-10-13-17-29)30-18-14-11-15-19-30)63-44(8)64-40-38(58-27(6)50)36(32(21-55-24(3)47)61-43(40)65-44)62-42-39(59-28(7)51)37(57-26(5)49)35(56-25(4)48)31(60-42)20-54-23(2)46/h10-19,22,31-33,35-40,42-43H,20-21H2,1-9H3/t22-,31-,32-,33+,35+,36-,37+,38+,39-,40-,42+,43-,44+/m1/s1. The van der Waals surface area contributed by atoms with Gasteiger partial charge in [0.2, 0.25) is 0 Å². The number of carbonyl (C=O) groups excluding carboxylic acids is 7. The van der Waals surface area contributed by atoms with Crippen LogP contribution in [0, 0.1) is 0 Å². The zero-order valence-corrected chi connectivity index (χ0v) is 37.2. The fourth-order valence-electron chi connectivity index (χ4n) is 7.44. The van der Waals surface area contributed by atoms with E-state index in [-0.39, 0.29) is 0 Å². The minimum Gasteiger partial charge on any atom is -0.467 e. The summed E-state index contributed by atoms with van der Waals surface area (Å²) in [6, 6.07) is 17.0. The molecule has 0 radical (unpaired) electrons. The van der Waals surface area contributed by atoms with E-state index in [1.54, 1.807) is 6.92 Å². The molecule has 3 saturated heterocycles. The van der Waals surface area contributed by atoms with Crippen molar-refractivity contribution < 1.29 is 95.1 Å². The Bertz CT molecular complexity index is 2010. The third kappa shape index (κ3) is 13.4. The summed E-state index contributed by atoms with van der Waals surface area (Å²) in [5.74, 6) is -7.83. The highest BCUT2D eigenvalue weighted by molar-refractivity contribution is 6.13. The van der Waals surface area contributed by atoms with Crippen molar-refractivity contribution in [3.63, 3.8) is 0 Å². The molecule has 21 nitrogen and oxygen atoms in total. The van der Waals surface area contributed by atoms with Crippen LogP contribution >= 0.6 is 0 Å². The van der Waals surface area contributed by atoms with Crippen LogP contribution in [-0.4, -0.2) is 147 Å². The SMILES string of the molecule is COC(=O)[C@@H](N=C(c1ccccc1)c1ccccc1)[C@@H](C)O[C@]1(C)O[C@H]2O[C@H](COC(C)=O)[C@@H](O[C@@H]3O[C@H](COC(C)=O)[C@H](OC(C)=O)[C@H](OC(C)=O)[C@H]3OC(C)=O)[C@H](OC(C)=O)[C@H]2O1. The molecule has 21 heteroatoms. The van der Waals surface area contributed by atoms with E-state index in [1.807, 2.05) is 60.7 Å². The first-order chi connectivity index (χ1) is 30.8. The van der Waals surface area contributed by atoms with E-state index in [4.69, 9.17) is 66.6 Å². The number of nitrogens with zero attached hydrogens (tertiary/aromatic N) is 1. The summed E-state index contributed by atoms with van der Waals surface area (Å²) in [5.41, 5.74) is 1.85. The second-order valence-corrected chi connectivity index (χ2v) is 15.2. The lowest BCUT2D eigenvalue weighted by molar-refractivity contribution is -0.360. The number of hydrogen-bond donors (Lipinski definition) is 0. The summed E-state index contributed by atoms with van der Waals surface area (Å²) in [6.07, 6.45) is -16.5. The minimum atomic E-state index is -2.07. The Balaban J connectivity index is 1.52. The predicted molar refractivity (Wildman–Crippen MR) is 217 cm³/mol. The number of aliphatic imine (C=N–C) groups is 1. The summed E-state index contributed by atoms with van der Waals surface area (Å²) in [7, 11) is 1.20. The van der Waals surface area contributed by atoms with E-state index in [9.17, 15) is 33.6 Å². The van der Waals surface area contributed by atoms with Crippen LogP contribution in [0.2, 0.25) is 0 Å². The van der Waals surface area contributed by atoms with Crippen molar-refractivity contribution in [3.05, 3.63) is 71.8 Å². The fourth-order valence-corrected chi connectivity index (χ4v) is 7.44. The van der Waals surface area contributed by atoms with Gasteiger partial charge < -0.3 is 56.8 Å². The number of ether oxygens (including phenoxy) is 13. The van der Waals surface area contributed by atoms with Crippen LogP contribution in [0.3, 0.4) is 0 Å². The molecule has 0 aromatic heterocycles. The molecule has 0 aliphatic carbocycles. The van der Waals surface area contributed by atoms with Crippen LogP contribution < -0.4 is 0 Å². The van der Waals surface area contributed by atoms with Gasteiger partial charge in [-0.3, -0.25) is 38.5 Å². The Morgan fingerprint density at radius 1 is 0.615 bits per heavy atom. The highest BCUT2D eigenvalue weighted by Gasteiger charge is 2.62. The van der Waals surface area contributed by atoms with E-state index < -0.39 is 135 Å². The molecule has 2 aromatic carbocycles. The first-order valence-electron chi connectivity index (χ1n) is 20.5. The summed E-state index contributed by atoms with van der Waals surface area (Å²) in [6.45, 7) is 8.28. The largest absolute Gasteiger partial charge is 0.467 e. The van der Waals surface area contributed by atoms with Gasteiger partial charge in [0.1, 0.15) is 31.5 Å². The van der Waals surface area contributed by atoms with Gasteiger partial charge in [0.15, 0.2) is 49.1 Å². The Morgan fingerprint density at radius 3 is 1.58 bits per heavy atom. The van der Waals surface area contributed by atoms with E-state index >= 15 is 0 Å². The highest BCUT2D eigenvalue weighted by atomic mass is 16.9. The summed E-state index contributed by atoms with van der Waals surface area (Å²) < 4.78 is 75.8. The lowest BCUT2D eigenvalue weighted by Crippen LogP contribution is -2.66. The van der Waals surface area contributed by atoms with Gasteiger partial charge in [0, 0.05) is 59.6 Å². The molecule has 13 atom stereocenters. The Labute approximate surface area is 374 Å². The van der Waals surface area contributed by atoms with Gasteiger partial charge in [-0.05, 0) is 6.92 Å². The quantitative estimate of drug-likeness (QED) is 0.125. The number of esters is 7. The van der Waals surface area contributed by atoms with E-state index in [0.29, 0.717) is 16.8 Å². The molecule has 3 aliphatic rings. The number of carbonyl (C=O) groups is 7. The molecular formula is C44H53NO20. The van der Waals surface area contributed by atoms with Crippen LogP contribution in [0.5, 0.6) is 0 Å². The van der Waals surface area contributed by atoms with Crippen molar-refractivity contribution in [2.75, 3.05) is 20.3 Å². The van der Waals surface area contributed by atoms with Crippen molar-refractivity contribution >= 4 is 47.5 Å². The van der Waals surface area contributed by atoms with Crippen LogP contribution in [-0.2, 0) is 95.1 Å². The van der Waals surface area contributed by atoms with E-state index in [1.165, 1.54) is 14.0 Å². The molecule has 0 unspecified atom stereocenters. The summed E-state index contributed by atoms with van der Waals surface area (Å²) >= 11 is 0. The maximum absolute atomic E-state index is 13.5. The maximum atomic E-state index is 13.5. The molecular weight excluding hydrogens is 862 g/mol. The zero-order chi connectivity index (χ0) is 47.6. The van der Waals surface area contributed by atoms with Gasteiger partial charge in [0.05, 0.1) is 18.9 Å². The number of rotatable bonds is 17. The van der Waals surface area contributed by atoms with Crippen molar-refractivity contribution in [3.8, 4) is 0 Å². The minimum absolute atomic E-state index is 0.456. The van der Waals surface area contributed by atoms with Gasteiger partial charge in [-0.25, -0.2) is 4.79 Å². The van der Waals surface area contributed by atoms with Crippen molar-refractivity contribution in [1.29, 1.82) is 0 Å². The molecule has 0 spiro atoms. The van der Waals surface area contributed by atoms with Gasteiger partial charge in [-0.1, -0.05) is 60.7 Å². The third-order valence-electron chi connectivity index (χ3n) is 9.91. The molecule has 3 fully saturated rings. The molecule has 354 valence electrons. The van der Waals surface area contributed by atoms with Gasteiger partial charge >= 0.3 is 41.8 Å². The first kappa shape index (κ1) is 50.2. The summed E-state index contributed by atoms with van der Waals surface area (Å²) in [5, 5.41) is 0. The van der Waals surface area contributed by atoms with Crippen molar-refractivity contribution in [2.45, 2.75) is 135 Å². The van der Waals surface area contributed by atoms with E-state index in [0.717, 1.165) is 41.5 Å².